The van der Waals surface area contributed by atoms with Crippen molar-refractivity contribution >= 4 is 23.6 Å². The summed E-state index contributed by atoms with van der Waals surface area (Å²) in [4.78, 5) is 8.10. The van der Waals surface area contributed by atoms with Gasteiger partial charge in [0.2, 0.25) is 0 Å². The van der Waals surface area contributed by atoms with Crippen LogP contribution in [-0.4, -0.2) is 30.8 Å². The Hall–Kier alpha value is -2.09. The van der Waals surface area contributed by atoms with Crippen molar-refractivity contribution in [3.05, 3.63) is 63.8 Å². The van der Waals surface area contributed by atoms with E-state index in [0.717, 1.165) is 35.7 Å². The van der Waals surface area contributed by atoms with Crippen LogP contribution in [0.2, 0.25) is 0 Å². The first-order valence-electron chi connectivity index (χ1n) is 8.23. The highest BCUT2D eigenvalue weighted by Crippen LogP contribution is 2.24. The average molecular weight is 370 g/mol. The van der Waals surface area contributed by atoms with Gasteiger partial charge in [0.25, 0.3) is 0 Å². The Morgan fingerprint density at radius 2 is 2.28 bits per heavy atom. The molecule has 4 heterocycles. The molecule has 0 N–H and O–H groups in total. The minimum atomic E-state index is 0.637. The average Bonchev–Trinajstić information content (AvgIpc) is 3.22. The monoisotopic (exact) mass is 369 g/mol. The summed E-state index contributed by atoms with van der Waals surface area (Å²) in [5, 5.41) is 6.96. The van der Waals surface area contributed by atoms with E-state index in [2.05, 4.69) is 27.9 Å². The molecular weight excluding hydrogens is 350 g/mol. The van der Waals surface area contributed by atoms with E-state index in [1.54, 1.807) is 6.20 Å². The molecular formula is C18H19N5S2. The molecule has 0 amide bonds. The Bertz CT molecular complexity index is 938. The predicted molar refractivity (Wildman–Crippen MR) is 103 cm³/mol. The minimum Gasteiger partial charge on any atom is -0.296 e. The Balaban J connectivity index is 1.64. The highest BCUT2D eigenvalue weighted by Gasteiger charge is 2.19. The third-order valence-electron chi connectivity index (χ3n) is 4.37. The van der Waals surface area contributed by atoms with Crippen molar-refractivity contribution in [1.82, 2.24) is 24.2 Å². The van der Waals surface area contributed by atoms with E-state index in [1.165, 1.54) is 10.4 Å². The number of thiophene rings is 1. The summed E-state index contributed by atoms with van der Waals surface area (Å²) in [5.74, 6) is 0.839. The summed E-state index contributed by atoms with van der Waals surface area (Å²) in [6.45, 7) is 7.17. The molecule has 5 nitrogen and oxygen atoms in total. The molecule has 0 aromatic carbocycles. The molecule has 0 unspecified atom stereocenters. The first-order chi connectivity index (χ1) is 12.3. The lowest BCUT2D eigenvalue weighted by Gasteiger charge is -2.26. The van der Waals surface area contributed by atoms with Crippen LogP contribution in [0.4, 0.5) is 0 Å². The van der Waals surface area contributed by atoms with Crippen LogP contribution in [0.3, 0.4) is 0 Å². The molecule has 3 aromatic heterocycles. The van der Waals surface area contributed by atoms with Crippen LogP contribution in [0.25, 0.3) is 11.4 Å². The zero-order valence-corrected chi connectivity index (χ0v) is 15.5. The smallest absolute Gasteiger partial charge is 0.199 e. The van der Waals surface area contributed by atoms with Crippen LogP contribution < -0.4 is 0 Å². The molecule has 7 heteroatoms. The van der Waals surface area contributed by atoms with Crippen molar-refractivity contribution in [2.45, 2.75) is 26.2 Å². The van der Waals surface area contributed by atoms with Gasteiger partial charge < -0.3 is 0 Å². The number of nitrogens with zero attached hydrogens (tertiary/aromatic N) is 5. The van der Waals surface area contributed by atoms with Gasteiger partial charge in [0.05, 0.1) is 6.67 Å². The summed E-state index contributed by atoms with van der Waals surface area (Å²) in [7, 11) is 0. The van der Waals surface area contributed by atoms with Gasteiger partial charge in [0.1, 0.15) is 0 Å². The van der Waals surface area contributed by atoms with E-state index >= 15 is 0 Å². The number of hydrogen-bond acceptors (Lipinski definition) is 5. The van der Waals surface area contributed by atoms with Crippen LogP contribution in [0, 0.1) is 4.77 Å². The van der Waals surface area contributed by atoms with Gasteiger partial charge >= 0.3 is 0 Å². The topological polar surface area (TPSA) is 38.9 Å². The Kier molecular flexibility index (Phi) is 4.61. The van der Waals surface area contributed by atoms with E-state index in [-0.39, 0.29) is 0 Å². The molecule has 0 atom stereocenters. The Morgan fingerprint density at radius 1 is 1.36 bits per heavy atom. The van der Waals surface area contributed by atoms with Crippen LogP contribution >= 0.6 is 23.6 Å². The maximum atomic E-state index is 5.68. The van der Waals surface area contributed by atoms with Gasteiger partial charge in [-0.25, -0.2) is 4.68 Å². The highest BCUT2D eigenvalue weighted by atomic mass is 32.1. The molecule has 0 radical (unpaired) electrons. The van der Waals surface area contributed by atoms with Crippen molar-refractivity contribution in [2.24, 2.45) is 0 Å². The standard InChI is InChI=1S/C18H19N5S2/c1-2-8-22-17(14-4-3-7-19-11-14)20-23(18(22)24)13-21-9-5-16-15(12-21)6-10-25-16/h2-4,6-7,10-11H,1,5,8-9,12-13H2. The zero-order chi connectivity index (χ0) is 17.2. The Morgan fingerprint density at radius 3 is 3.08 bits per heavy atom. The van der Waals surface area contributed by atoms with Gasteiger partial charge in [0.15, 0.2) is 10.6 Å². The lowest BCUT2D eigenvalue weighted by molar-refractivity contribution is 0.189. The van der Waals surface area contributed by atoms with Gasteiger partial charge in [-0.2, -0.15) is 5.10 Å². The molecule has 1 aliphatic heterocycles. The molecule has 0 saturated heterocycles. The molecule has 0 fully saturated rings. The van der Waals surface area contributed by atoms with E-state index in [9.17, 15) is 0 Å². The third kappa shape index (κ3) is 3.22. The number of rotatable bonds is 5. The lowest BCUT2D eigenvalue weighted by atomic mass is 10.1. The van der Waals surface area contributed by atoms with Gasteiger partial charge in [-0.05, 0) is 47.8 Å². The van der Waals surface area contributed by atoms with Crippen LogP contribution in [-0.2, 0) is 26.2 Å². The van der Waals surface area contributed by atoms with Crippen molar-refractivity contribution in [1.29, 1.82) is 0 Å². The van der Waals surface area contributed by atoms with Gasteiger partial charge in [-0.1, -0.05) is 6.08 Å². The van der Waals surface area contributed by atoms with Gasteiger partial charge in [0, 0.05) is 42.5 Å². The summed E-state index contributed by atoms with van der Waals surface area (Å²) in [6, 6.07) is 6.15. The third-order valence-corrected chi connectivity index (χ3v) is 5.83. The van der Waals surface area contributed by atoms with E-state index in [4.69, 9.17) is 17.3 Å². The zero-order valence-electron chi connectivity index (χ0n) is 13.8. The predicted octanol–water partition coefficient (Wildman–Crippen LogP) is 3.74. The minimum absolute atomic E-state index is 0.637. The number of hydrogen-bond donors (Lipinski definition) is 0. The van der Waals surface area contributed by atoms with Crippen molar-refractivity contribution in [2.75, 3.05) is 6.54 Å². The number of fused-ring (bicyclic) bond motifs is 1. The van der Waals surface area contributed by atoms with Crippen LogP contribution in [0.5, 0.6) is 0 Å². The van der Waals surface area contributed by atoms with Gasteiger partial charge in [-0.3, -0.25) is 14.5 Å². The van der Waals surface area contributed by atoms with Crippen LogP contribution in [0.15, 0.2) is 48.6 Å². The quantitative estimate of drug-likeness (QED) is 0.507. The fourth-order valence-corrected chi connectivity index (χ4v) is 4.30. The molecule has 3 aromatic rings. The summed E-state index contributed by atoms with van der Waals surface area (Å²) >= 11 is 7.53. The Labute approximate surface area is 155 Å². The number of pyridine rings is 1. The fourth-order valence-electron chi connectivity index (χ4n) is 3.15. The van der Waals surface area contributed by atoms with Crippen molar-refractivity contribution in [3.63, 3.8) is 0 Å². The van der Waals surface area contributed by atoms with E-state index in [1.807, 2.05) is 45.0 Å². The summed E-state index contributed by atoms with van der Waals surface area (Å²) in [6.07, 6.45) is 6.53. The molecule has 128 valence electrons. The second kappa shape index (κ2) is 7.03. The summed E-state index contributed by atoms with van der Waals surface area (Å²) < 4.78 is 4.65. The molecule has 1 aliphatic rings. The molecule has 0 bridgehead atoms. The first kappa shape index (κ1) is 16.4. The van der Waals surface area contributed by atoms with E-state index in [0.29, 0.717) is 13.2 Å². The van der Waals surface area contributed by atoms with Crippen molar-refractivity contribution < 1.29 is 0 Å². The van der Waals surface area contributed by atoms with Gasteiger partial charge in [-0.15, -0.1) is 17.9 Å². The molecule has 4 rings (SSSR count). The molecule has 0 spiro atoms. The van der Waals surface area contributed by atoms with E-state index < -0.39 is 0 Å². The molecule has 0 aliphatic carbocycles. The molecule has 25 heavy (non-hydrogen) atoms. The molecule has 0 saturated carbocycles. The van der Waals surface area contributed by atoms with Crippen LogP contribution in [0.1, 0.15) is 10.4 Å². The number of aromatic nitrogens is 4. The maximum Gasteiger partial charge on any atom is 0.199 e. The maximum absolute atomic E-state index is 5.68. The fraction of sp³-hybridized carbons (Fsp3) is 0.278. The highest BCUT2D eigenvalue weighted by molar-refractivity contribution is 7.71. The first-order valence-corrected chi connectivity index (χ1v) is 9.51. The largest absolute Gasteiger partial charge is 0.296 e. The normalized spacial score (nSPS) is 14.4. The second-order valence-corrected chi connectivity index (χ2v) is 7.43. The lowest BCUT2D eigenvalue weighted by Crippen LogP contribution is -2.32. The van der Waals surface area contributed by atoms with Crippen molar-refractivity contribution in [3.8, 4) is 11.4 Å². The SMILES string of the molecule is C=CCn1c(-c2cccnc2)nn(CN2CCc3sccc3C2)c1=S. The summed E-state index contributed by atoms with van der Waals surface area (Å²) in [5.41, 5.74) is 2.40. The number of allylic oxidation sites excluding steroid dienone is 1. The second-order valence-electron chi connectivity index (χ2n) is 6.06.